The maximum Gasteiger partial charge on any atom is 0.224 e. The number of rotatable bonds is 1. The van der Waals surface area contributed by atoms with Gasteiger partial charge in [0.2, 0.25) is 5.88 Å². The molecule has 0 radical (unpaired) electrons. The number of hydrogen-bond acceptors (Lipinski definition) is 3. The zero-order valence-corrected chi connectivity index (χ0v) is 11.5. The van der Waals surface area contributed by atoms with Gasteiger partial charge in [0.05, 0.1) is 17.2 Å². The highest BCUT2D eigenvalue weighted by atomic mass is 16.3. The molecule has 2 heterocycles. The lowest BCUT2D eigenvalue weighted by Gasteiger charge is -2.02. The number of nitrogens with zero attached hydrogens (tertiary/aromatic N) is 3. The maximum atomic E-state index is 10.6. The lowest BCUT2D eigenvalue weighted by atomic mass is 10.1. The van der Waals surface area contributed by atoms with E-state index in [1.165, 1.54) is 0 Å². The number of imidazole rings is 1. The van der Waals surface area contributed by atoms with Gasteiger partial charge in [-0.15, -0.1) is 0 Å². The Labute approximate surface area is 121 Å². The molecule has 0 atom stereocenters. The van der Waals surface area contributed by atoms with Gasteiger partial charge in [-0.2, -0.15) is 0 Å². The first-order chi connectivity index (χ1) is 10.2. The van der Waals surface area contributed by atoms with Crippen molar-refractivity contribution in [3.63, 3.8) is 0 Å². The van der Waals surface area contributed by atoms with Crippen molar-refractivity contribution in [1.82, 2.24) is 14.4 Å². The van der Waals surface area contributed by atoms with Crippen LogP contribution in [0.4, 0.5) is 0 Å². The maximum absolute atomic E-state index is 10.6. The normalized spacial score (nSPS) is 11.3. The number of hydrogen-bond donors (Lipinski definition) is 1. The van der Waals surface area contributed by atoms with Gasteiger partial charge in [0.15, 0.2) is 5.65 Å². The minimum absolute atomic E-state index is 0.147. The van der Waals surface area contributed by atoms with E-state index in [0.717, 1.165) is 22.2 Å². The van der Waals surface area contributed by atoms with Gasteiger partial charge in [0.25, 0.3) is 0 Å². The molecule has 2 aromatic heterocycles. The van der Waals surface area contributed by atoms with Crippen molar-refractivity contribution in [3.8, 4) is 17.1 Å². The van der Waals surface area contributed by atoms with E-state index in [-0.39, 0.29) is 5.88 Å². The molecule has 0 saturated carbocycles. The fourth-order valence-electron chi connectivity index (χ4n) is 2.63. The molecule has 102 valence electrons. The summed E-state index contributed by atoms with van der Waals surface area (Å²) in [6, 6.07) is 15.6. The van der Waals surface area contributed by atoms with E-state index >= 15 is 0 Å². The molecule has 4 aromatic rings. The molecule has 0 unspecified atom stereocenters. The fourth-order valence-corrected chi connectivity index (χ4v) is 2.63. The number of fused-ring (bicyclic) bond motifs is 3. The molecule has 0 spiro atoms. The van der Waals surface area contributed by atoms with Crippen molar-refractivity contribution in [1.29, 1.82) is 0 Å². The second-order valence-electron chi connectivity index (χ2n) is 5.09. The van der Waals surface area contributed by atoms with Crippen molar-refractivity contribution in [2.75, 3.05) is 0 Å². The Bertz CT molecular complexity index is 972. The zero-order chi connectivity index (χ0) is 14.4. The molecule has 0 fully saturated rings. The topological polar surface area (TPSA) is 50.4 Å². The third-order valence-corrected chi connectivity index (χ3v) is 3.61. The lowest BCUT2D eigenvalue weighted by Crippen LogP contribution is -1.89. The van der Waals surface area contributed by atoms with Gasteiger partial charge in [-0.3, -0.25) is 9.38 Å². The van der Waals surface area contributed by atoms with E-state index in [1.807, 2.05) is 55.5 Å². The minimum atomic E-state index is 0.147. The summed E-state index contributed by atoms with van der Waals surface area (Å²) in [5.74, 6) is 0.147. The Morgan fingerprint density at radius 2 is 1.90 bits per heavy atom. The van der Waals surface area contributed by atoms with Gasteiger partial charge >= 0.3 is 0 Å². The van der Waals surface area contributed by atoms with E-state index in [9.17, 15) is 5.11 Å². The Morgan fingerprint density at radius 1 is 1.05 bits per heavy atom. The molecule has 0 aliphatic heterocycles. The molecule has 2 aromatic carbocycles. The van der Waals surface area contributed by atoms with Crippen LogP contribution in [0.5, 0.6) is 5.88 Å². The van der Waals surface area contributed by atoms with Crippen molar-refractivity contribution in [2.24, 2.45) is 0 Å². The van der Waals surface area contributed by atoms with Crippen LogP contribution in [0.2, 0.25) is 0 Å². The van der Waals surface area contributed by atoms with Gasteiger partial charge in [0.1, 0.15) is 5.69 Å². The average Bonchev–Trinajstić information content (AvgIpc) is 2.85. The summed E-state index contributed by atoms with van der Waals surface area (Å²) in [5, 5.41) is 10.6. The van der Waals surface area contributed by atoms with E-state index < -0.39 is 0 Å². The van der Waals surface area contributed by atoms with Crippen LogP contribution in [0.1, 0.15) is 5.56 Å². The first-order valence-corrected chi connectivity index (χ1v) is 6.76. The summed E-state index contributed by atoms with van der Waals surface area (Å²) in [5.41, 5.74) is 4.93. The van der Waals surface area contributed by atoms with Crippen LogP contribution < -0.4 is 0 Å². The Balaban J connectivity index is 2.08. The van der Waals surface area contributed by atoms with Gasteiger partial charge in [-0.1, -0.05) is 35.9 Å². The molecule has 4 heteroatoms. The lowest BCUT2D eigenvalue weighted by molar-refractivity contribution is 0.453. The molecular weight excluding hydrogens is 262 g/mol. The van der Waals surface area contributed by atoms with Crippen molar-refractivity contribution in [2.45, 2.75) is 6.92 Å². The largest absolute Gasteiger partial charge is 0.493 e. The molecule has 4 rings (SSSR count). The first kappa shape index (κ1) is 11.9. The molecule has 1 N–H and O–H groups in total. The van der Waals surface area contributed by atoms with E-state index in [0.29, 0.717) is 11.3 Å². The molecular formula is C17H13N3O. The van der Waals surface area contributed by atoms with Crippen molar-refractivity contribution >= 4 is 16.7 Å². The molecule has 0 saturated heterocycles. The minimum Gasteiger partial charge on any atom is -0.493 e. The van der Waals surface area contributed by atoms with Crippen LogP contribution in [0.3, 0.4) is 0 Å². The van der Waals surface area contributed by atoms with Gasteiger partial charge in [-0.25, -0.2) is 4.98 Å². The molecule has 0 amide bonds. The predicted octanol–water partition coefficient (Wildman–Crippen LogP) is 3.56. The van der Waals surface area contributed by atoms with Gasteiger partial charge in [0, 0.05) is 5.56 Å². The fraction of sp³-hybridized carbons (Fsp3) is 0.0588. The second kappa shape index (κ2) is 4.31. The van der Waals surface area contributed by atoms with E-state index in [1.54, 1.807) is 10.6 Å². The van der Waals surface area contributed by atoms with Crippen LogP contribution in [0.25, 0.3) is 27.9 Å². The van der Waals surface area contributed by atoms with E-state index in [4.69, 9.17) is 0 Å². The summed E-state index contributed by atoms with van der Waals surface area (Å²) in [6.45, 7) is 2.02. The molecule has 0 bridgehead atoms. The van der Waals surface area contributed by atoms with Crippen LogP contribution in [0, 0.1) is 6.92 Å². The van der Waals surface area contributed by atoms with Crippen molar-refractivity contribution < 1.29 is 5.11 Å². The second-order valence-corrected chi connectivity index (χ2v) is 5.09. The summed E-state index contributed by atoms with van der Waals surface area (Å²) < 4.78 is 1.74. The predicted molar refractivity (Wildman–Crippen MR) is 82.3 cm³/mol. The molecule has 21 heavy (non-hydrogen) atoms. The molecule has 0 aliphatic carbocycles. The number of aromatic nitrogens is 3. The Kier molecular flexibility index (Phi) is 2.44. The van der Waals surface area contributed by atoms with E-state index in [2.05, 4.69) is 9.97 Å². The van der Waals surface area contributed by atoms with Crippen molar-refractivity contribution in [3.05, 3.63) is 60.3 Å². The number of aromatic hydroxyl groups is 1. The third-order valence-electron chi connectivity index (χ3n) is 3.61. The summed E-state index contributed by atoms with van der Waals surface area (Å²) in [4.78, 5) is 8.90. The van der Waals surface area contributed by atoms with Gasteiger partial charge in [-0.05, 0) is 25.1 Å². The van der Waals surface area contributed by atoms with Gasteiger partial charge < -0.3 is 5.11 Å². The van der Waals surface area contributed by atoms with Crippen LogP contribution in [0.15, 0.2) is 54.7 Å². The summed E-state index contributed by atoms with van der Waals surface area (Å²) >= 11 is 0. The first-order valence-electron chi connectivity index (χ1n) is 6.76. The monoisotopic (exact) mass is 275 g/mol. The van der Waals surface area contributed by atoms with Crippen LogP contribution in [-0.4, -0.2) is 19.5 Å². The number of benzene rings is 2. The number of para-hydroxylation sites is 2. The molecule has 4 nitrogen and oxygen atoms in total. The highest BCUT2D eigenvalue weighted by molar-refractivity contribution is 5.81. The quantitative estimate of drug-likeness (QED) is 0.578. The van der Waals surface area contributed by atoms with Crippen LogP contribution in [-0.2, 0) is 0 Å². The average molecular weight is 275 g/mol. The SMILES string of the molecule is Cc1cccc(-c2nc3cnc4ccccc4n3c2O)c1. The summed E-state index contributed by atoms with van der Waals surface area (Å²) in [7, 11) is 0. The Morgan fingerprint density at radius 3 is 2.76 bits per heavy atom. The highest BCUT2D eigenvalue weighted by Gasteiger charge is 2.15. The Hall–Kier alpha value is -2.88. The smallest absolute Gasteiger partial charge is 0.224 e. The standard InChI is InChI=1S/C17H13N3O/c1-11-5-4-6-12(9-11)16-17(21)20-14-8-3-2-7-13(14)18-10-15(20)19-16/h2-10,21H,1H3. The molecule has 0 aliphatic rings. The van der Waals surface area contributed by atoms with Crippen LogP contribution >= 0.6 is 0 Å². The number of aryl methyl sites for hydroxylation is 1. The highest BCUT2D eigenvalue weighted by Crippen LogP contribution is 2.31. The third kappa shape index (κ3) is 1.76. The summed E-state index contributed by atoms with van der Waals surface area (Å²) in [6.07, 6.45) is 1.68. The zero-order valence-electron chi connectivity index (χ0n) is 11.5.